The Morgan fingerprint density at radius 2 is 1.86 bits per heavy atom. The lowest BCUT2D eigenvalue weighted by Crippen LogP contribution is -2.44. The molecule has 1 atom stereocenters. The van der Waals surface area contributed by atoms with E-state index in [9.17, 15) is 4.79 Å². The lowest BCUT2D eigenvalue weighted by molar-refractivity contribution is -0.137. The highest BCUT2D eigenvalue weighted by molar-refractivity contribution is 6.47. The summed E-state index contributed by atoms with van der Waals surface area (Å²) in [5.41, 5.74) is -0.178. The molecule has 6 heteroatoms. The molecule has 0 saturated carbocycles. The fourth-order valence-electron chi connectivity index (χ4n) is 0.758. The summed E-state index contributed by atoms with van der Waals surface area (Å²) in [5.74, 6) is -2.48. The first-order valence-corrected chi connectivity index (χ1v) is 4.37. The number of carbonyl (C=O) groups is 1. The van der Waals surface area contributed by atoms with Crippen molar-refractivity contribution in [2.45, 2.75) is 37.3 Å². The fourth-order valence-corrected chi connectivity index (χ4v) is 0.758. The molecular formula is C8H14B3NO2. The van der Waals surface area contributed by atoms with E-state index in [0.29, 0.717) is 0 Å². The van der Waals surface area contributed by atoms with E-state index in [1.165, 1.54) is 0 Å². The standard InChI is InChI=1S/C8H14B3NO2/c1-7(2,3)12-4-8(10,11)5(9)6(13)14/h5,12H,4H2,1-3H3,(H,13,14). The topological polar surface area (TPSA) is 49.3 Å². The van der Waals surface area contributed by atoms with Crippen molar-refractivity contribution >= 4 is 29.5 Å². The van der Waals surface area contributed by atoms with Crippen LogP contribution in [-0.2, 0) is 4.79 Å². The number of hydrogen-bond donors (Lipinski definition) is 2. The minimum absolute atomic E-state index is 0.143. The third-order valence-corrected chi connectivity index (χ3v) is 1.77. The molecule has 0 aromatic carbocycles. The van der Waals surface area contributed by atoms with Crippen LogP contribution in [-0.4, -0.2) is 46.7 Å². The second-order valence-electron chi connectivity index (χ2n) is 4.53. The number of carboxylic acid groups (broad SMARTS) is 1. The highest BCUT2D eigenvalue weighted by Crippen LogP contribution is 2.30. The molecule has 0 spiro atoms. The molecule has 0 aromatic heterocycles. The van der Waals surface area contributed by atoms with Gasteiger partial charge in [0, 0.05) is 11.4 Å². The molecule has 0 saturated heterocycles. The molecule has 0 aliphatic heterocycles. The van der Waals surface area contributed by atoms with Crippen LogP contribution in [0.1, 0.15) is 20.8 Å². The minimum atomic E-state index is -1.45. The van der Waals surface area contributed by atoms with Gasteiger partial charge >= 0.3 is 0 Å². The molecule has 72 valence electrons. The van der Waals surface area contributed by atoms with Crippen LogP contribution in [0.4, 0.5) is 0 Å². The lowest BCUT2D eigenvalue weighted by Gasteiger charge is -2.34. The second-order valence-corrected chi connectivity index (χ2v) is 4.53. The average Bonchev–Trinajstić information content (AvgIpc) is 1.98. The van der Waals surface area contributed by atoms with Crippen LogP contribution < -0.4 is 5.32 Å². The minimum Gasteiger partial charge on any atom is -0.482 e. The van der Waals surface area contributed by atoms with Gasteiger partial charge in [0.2, 0.25) is 0 Å². The SMILES string of the molecule is [B]C(C(=O)O)C([B])([B])CNC(C)(C)C. The van der Waals surface area contributed by atoms with Gasteiger partial charge in [-0.25, -0.2) is 0 Å². The van der Waals surface area contributed by atoms with Gasteiger partial charge in [0.15, 0.2) is 0 Å². The number of hydrogen-bond acceptors (Lipinski definition) is 2. The first-order valence-electron chi connectivity index (χ1n) is 4.37. The Bertz CT molecular complexity index is 213. The number of rotatable bonds is 4. The maximum Gasteiger partial charge on any atom is 0.296 e. The maximum atomic E-state index is 10.6. The Kier molecular flexibility index (Phi) is 4.31. The Morgan fingerprint density at radius 3 is 2.14 bits per heavy atom. The van der Waals surface area contributed by atoms with Crippen LogP contribution >= 0.6 is 0 Å². The summed E-state index contributed by atoms with van der Waals surface area (Å²) in [6, 6.07) is 0. The Hall–Kier alpha value is -0.375. The molecule has 3 nitrogen and oxygen atoms in total. The summed E-state index contributed by atoms with van der Waals surface area (Å²) in [7, 11) is 16.5. The summed E-state index contributed by atoms with van der Waals surface area (Å²) in [5, 5.41) is 10.2. The Labute approximate surface area is 89.3 Å². The summed E-state index contributed by atoms with van der Waals surface area (Å²) in [6.07, 6.45) is 0. The van der Waals surface area contributed by atoms with Crippen molar-refractivity contribution in [2.75, 3.05) is 6.54 Å². The Morgan fingerprint density at radius 1 is 1.43 bits per heavy atom. The van der Waals surface area contributed by atoms with E-state index in [1.54, 1.807) is 0 Å². The van der Waals surface area contributed by atoms with Gasteiger partial charge in [-0.3, -0.25) is 4.79 Å². The van der Waals surface area contributed by atoms with E-state index < -0.39 is 17.0 Å². The quantitative estimate of drug-likeness (QED) is 0.605. The number of aliphatic carboxylic acids is 1. The van der Waals surface area contributed by atoms with Crippen LogP contribution in [0.2, 0.25) is 11.0 Å². The van der Waals surface area contributed by atoms with Gasteiger partial charge < -0.3 is 10.4 Å². The summed E-state index contributed by atoms with van der Waals surface area (Å²) >= 11 is 0. The number of nitrogens with one attached hydrogen (secondary N) is 1. The highest BCUT2D eigenvalue weighted by atomic mass is 16.4. The van der Waals surface area contributed by atoms with Crippen molar-refractivity contribution in [3.05, 3.63) is 0 Å². The molecule has 0 fully saturated rings. The van der Waals surface area contributed by atoms with Gasteiger partial charge in [-0.1, -0.05) is 5.21 Å². The van der Waals surface area contributed by atoms with Gasteiger partial charge in [-0.15, -0.1) is 0 Å². The van der Waals surface area contributed by atoms with E-state index in [1.807, 2.05) is 20.8 Å². The van der Waals surface area contributed by atoms with Crippen LogP contribution in [0, 0.1) is 0 Å². The van der Waals surface area contributed by atoms with Gasteiger partial charge in [0.25, 0.3) is 5.97 Å². The van der Waals surface area contributed by atoms with Gasteiger partial charge in [-0.2, -0.15) is 0 Å². The first-order chi connectivity index (χ1) is 6.06. The summed E-state index contributed by atoms with van der Waals surface area (Å²) < 4.78 is 0. The smallest absolute Gasteiger partial charge is 0.296 e. The fraction of sp³-hybridized carbons (Fsp3) is 0.875. The predicted octanol–water partition coefficient (Wildman–Crippen LogP) is -0.131. The molecule has 0 heterocycles. The molecular weight excluding hydrogens is 175 g/mol. The van der Waals surface area contributed by atoms with Crippen LogP contribution in [0.25, 0.3) is 0 Å². The van der Waals surface area contributed by atoms with Crippen molar-refractivity contribution in [1.29, 1.82) is 0 Å². The van der Waals surface area contributed by atoms with Crippen LogP contribution in [0.3, 0.4) is 0 Å². The van der Waals surface area contributed by atoms with E-state index in [4.69, 9.17) is 28.6 Å². The zero-order chi connectivity index (χ0) is 11.6. The molecule has 6 radical (unpaired) electrons. The third kappa shape index (κ3) is 4.75. The van der Waals surface area contributed by atoms with E-state index in [0.717, 1.165) is 0 Å². The summed E-state index contributed by atoms with van der Waals surface area (Å²) in [6.45, 7) is 5.92. The molecule has 0 rings (SSSR count). The molecule has 0 aliphatic carbocycles. The first kappa shape index (κ1) is 13.6. The second kappa shape index (κ2) is 4.43. The third-order valence-electron chi connectivity index (χ3n) is 1.77. The molecule has 1 unspecified atom stereocenters. The molecule has 2 N–H and O–H groups in total. The molecule has 14 heavy (non-hydrogen) atoms. The monoisotopic (exact) mass is 189 g/mol. The summed E-state index contributed by atoms with van der Waals surface area (Å²) in [4.78, 5) is 10.6. The maximum absolute atomic E-state index is 10.6. The number of carboxylic acids is 1. The van der Waals surface area contributed by atoms with Crippen molar-refractivity contribution < 1.29 is 9.90 Å². The molecule has 0 aromatic rings. The van der Waals surface area contributed by atoms with Crippen molar-refractivity contribution in [3.8, 4) is 0 Å². The zero-order valence-corrected chi connectivity index (χ0v) is 8.87. The molecule has 0 amide bonds. The average molecular weight is 189 g/mol. The van der Waals surface area contributed by atoms with E-state index >= 15 is 0 Å². The lowest BCUT2D eigenvalue weighted by atomic mass is 9.43. The Balaban J connectivity index is 4.27. The zero-order valence-electron chi connectivity index (χ0n) is 8.87. The van der Waals surface area contributed by atoms with Crippen molar-refractivity contribution in [2.24, 2.45) is 0 Å². The van der Waals surface area contributed by atoms with Crippen LogP contribution in [0.5, 0.6) is 0 Å². The van der Waals surface area contributed by atoms with Crippen LogP contribution in [0.15, 0.2) is 0 Å². The van der Waals surface area contributed by atoms with Crippen molar-refractivity contribution in [1.82, 2.24) is 5.32 Å². The van der Waals surface area contributed by atoms with Gasteiger partial charge in [0.05, 0.1) is 23.5 Å². The normalized spacial score (nSPS) is 15.1. The van der Waals surface area contributed by atoms with Gasteiger partial charge in [0.1, 0.15) is 0 Å². The molecule has 0 bridgehead atoms. The van der Waals surface area contributed by atoms with E-state index in [2.05, 4.69) is 5.32 Å². The largest absolute Gasteiger partial charge is 0.482 e. The van der Waals surface area contributed by atoms with Gasteiger partial charge in [-0.05, 0) is 27.3 Å². The molecule has 0 aliphatic rings. The van der Waals surface area contributed by atoms with Crippen molar-refractivity contribution in [3.63, 3.8) is 0 Å². The highest BCUT2D eigenvalue weighted by Gasteiger charge is 2.30. The van der Waals surface area contributed by atoms with E-state index in [-0.39, 0.29) is 12.1 Å². The predicted molar refractivity (Wildman–Crippen MR) is 59.1 cm³/mol.